The molecule has 0 heterocycles. The van der Waals surface area contributed by atoms with E-state index in [2.05, 4.69) is 31.2 Å². The standard InChI is InChI=1S/C15H23N/c1-12(14-7-3-2-4-8-14)15-9-5-6-13(10-15)11-16/h5-6,9-10,12,14H,2-4,7-8,11,16H2,1H3. The van der Waals surface area contributed by atoms with Crippen LogP contribution in [0.5, 0.6) is 0 Å². The fraction of sp³-hybridized carbons (Fsp3) is 0.600. The van der Waals surface area contributed by atoms with Crippen molar-refractivity contribution in [3.8, 4) is 0 Å². The molecule has 1 aromatic rings. The molecule has 2 rings (SSSR count). The Morgan fingerprint density at radius 3 is 2.69 bits per heavy atom. The average Bonchev–Trinajstić information content (AvgIpc) is 2.39. The molecule has 1 nitrogen and oxygen atoms in total. The van der Waals surface area contributed by atoms with Crippen LogP contribution >= 0.6 is 0 Å². The Balaban J connectivity index is 2.09. The van der Waals surface area contributed by atoms with Crippen molar-refractivity contribution in [3.63, 3.8) is 0 Å². The van der Waals surface area contributed by atoms with E-state index in [1.807, 2.05) is 0 Å². The van der Waals surface area contributed by atoms with Gasteiger partial charge in [-0.05, 0) is 35.8 Å². The molecule has 1 aliphatic carbocycles. The molecule has 1 unspecified atom stereocenters. The van der Waals surface area contributed by atoms with Crippen LogP contribution in [0.15, 0.2) is 24.3 Å². The molecule has 1 fully saturated rings. The number of hydrogen-bond donors (Lipinski definition) is 1. The molecule has 88 valence electrons. The maximum Gasteiger partial charge on any atom is 0.0178 e. The number of rotatable bonds is 3. The van der Waals surface area contributed by atoms with Gasteiger partial charge in [-0.3, -0.25) is 0 Å². The fourth-order valence-electron chi connectivity index (χ4n) is 2.91. The second-order valence-corrected chi connectivity index (χ2v) is 5.14. The second kappa shape index (κ2) is 5.49. The number of hydrogen-bond acceptors (Lipinski definition) is 1. The highest BCUT2D eigenvalue weighted by Crippen LogP contribution is 2.35. The molecule has 0 aromatic heterocycles. The summed E-state index contributed by atoms with van der Waals surface area (Å²) in [5.41, 5.74) is 8.44. The van der Waals surface area contributed by atoms with Gasteiger partial charge in [0.2, 0.25) is 0 Å². The van der Waals surface area contributed by atoms with Crippen LogP contribution in [0.2, 0.25) is 0 Å². The Labute approximate surface area is 99.0 Å². The van der Waals surface area contributed by atoms with Crippen LogP contribution in [0.4, 0.5) is 0 Å². The smallest absolute Gasteiger partial charge is 0.0178 e. The summed E-state index contributed by atoms with van der Waals surface area (Å²) in [5.74, 6) is 1.59. The van der Waals surface area contributed by atoms with Crippen molar-refractivity contribution in [2.75, 3.05) is 0 Å². The lowest BCUT2D eigenvalue weighted by Gasteiger charge is -2.28. The second-order valence-electron chi connectivity index (χ2n) is 5.14. The van der Waals surface area contributed by atoms with E-state index in [0.717, 1.165) is 5.92 Å². The van der Waals surface area contributed by atoms with E-state index in [1.165, 1.54) is 43.2 Å². The Morgan fingerprint density at radius 1 is 1.25 bits per heavy atom. The predicted molar refractivity (Wildman–Crippen MR) is 69.3 cm³/mol. The molecule has 0 amide bonds. The van der Waals surface area contributed by atoms with Crippen molar-refractivity contribution in [1.82, 2.24) is 0 Å². The lowest BCUT2D eigenvalue weighted by molar-refractivity contribution is 0.316. The number of nitrogens with two attached hydrogens (primary N) is 1. The number of benzene rings is 1. The van der Waals surface area contributed by atoms with Gasteiger partial charge >= 0.3 is 0 Å². The summed E-state index contributed by atoms with van der Waals surface area (Å²) < 4.78 is 0. The average molecular weight is 217 g/mol. The van der Waals surface area contributed by atoms with E-state index < -0.39 is 0 Å². The van der Waals surface area contributed by atoms with Gasteiger partial charge in [0.15, 0.2) is 0 Å². The van der Waals surface area contributed by atoms with Crippen LogP contribution in [-0.2, 0) is 6.54 Å². The maximum absolute atomic E-state index is 5.70. The van der Waals surface area contributed by atoms with Gasteiger partial charge in [0.1, 0.15) is 0 Å². The predicted octanol–water partition coefficient (Wildman–Crippen LogP) is 3.83. The van der Waals surface area contributed by atoms with Crippen LogP contribution in [0.1, 0.15) is 56.1 Å². The minimum atomic E-state index is 0.658. The third kappa shape index (κ3) is 2.65. The van der Waals surface area contributed by atoms with Gasteiger partial charge in [-0.25, -0.2) is 0 Å². The Kier molecular flexibility index (Phi) is 4.00. The van der Waals surface area contributed by atoms with E-state index >= 15 is 0 Å². The van der Waals surface area contributed by atoms with E-state index in [1.54, 1.807) is 0 Å². The molecule has 16 heavy (non-hydrogen) atoms. The zero-order valence-electron chi connectivity index (χ0n) is 10.3. The fourth-order valence-corrected chi connectivity index (χ4v) is 2.91. The van der Waals surface area contributed by atoms with Gasteiger partial charge < -0.3 is 5.73 Å². The Morgan fingerprint density at radius 2 is 2.00 bits per heavy atom. The highest BCUT2D eigenvalue weighted by molar-refractivity contribution is 5.26. The quantitative estimate of drug-likeness (QED) is 0.818. The summed E-state index contributed by atoms with van der Waals surface area (Å²) >= 11 is 0. The minimum Gasteiger partial charge on any atom is -0.326 e. The molecular weight excluding hydrogens is 194 g/mol. The maximum atomic E-state index is 5.70. The summed E-state index contributed by atoms with van der Waals surface area (Å²) in [6, 6.07) is 8.83. The molecule has 1 atom stereocenters. The summed E-state index contributed by atoms with van der Waals surface area (Å²) in [6.07, 6.45) is 7.10. The molecule has 0 spiro atoms. The topological polar surface area (TPSA) is 26.0 Å². The van der Waals surface area contributed by atoms with E-state index in [9.17, 15) is 0 Å². The van der Waals surface area contributed by atoms with Gasteiger partial charge in [0, 0.05) is 6.54 Å². The van der Waals surface area contributed by atoms with Crippen molar-refractivity contribution >= 4 is 0 Å². The molecule has 0 aliphatic heterocycles. The molecule has 2 N–H and O–H groups in total. The van der Waals surface area contributed by atoms with Gasteiger partial charge in [-0.1, -0.05) is 50.5 Å². The Bertz CT molecular complexity index is 326. The van der Waals surface area contributed by atoms with Crippen LogP contribution in [0.25, 0.3) is 0 Å². The minimum absolute atomic E-state index is 0.658. The summed E-state index contributed by atoms with van der Waals surface area (Å²) in [6.45, 7) is 3.04. The first-order valence-corrected chi connectivity index (χ1v) is 6.60. The van der Waals surface area contributed by atoms with Gasteiger partial charge in [0.25, 0.3) is 0 Å². The first-order valence-electron chi connectivity index (χ1n) is 6.60. The molecular formula is C15H23N. The zero-order chi connectivity index (χ0) is 11.4. The van der Waals surface area contributed by atoms with E-state index in [4.69, 9.17) is 5.73 Å². The van der Waals surface area contributed by atoms with Crippen molar-refractivity contribution in [2.24, 2.45) is 11.7 Å². The molecule has 0 radical (unpaired) electrons. The summed E-state index contributed by atoms with van der Waals surface area (Å²) in [7, 11) is 0. The normalized spacial score (nSPS) is 19.6. The molecule has 1 aliphatic rings. The lowest BCUT2D eigenvalue weighted by Crippen LogP contribution is -2.14. The van der Waals surface area contributed by atoms with Crippen LogP contribution in [0.3, 0.4) is 0 Å². The molecule has 0 bridgehead atoms. The van der Waals surface area contributed by atoms with E-state index in [-0.39, 0.29) is 0 Å². The van der Waals surface area contributed by atoms with Crippen molar-refractivity contribution < 1.29 is 0 Å². The van der Waals surface area contributed by atoms with Crippen LogP contribution in [-0.4, -0.2) is 0 Å². The van der Waals surface area contributed by atoms with Crippen molar-refractivity contribution in [1.29, 1.82) is 0 Å². The van der Waals surface area contributed by atoms with Crippen LogP contribution < -0.4 is 5.73 Å². The van der Waals surface area contributed by atoms with Gasteiger partial charge in [-0.15, -0.1) is 0 Å². The van der Waals surface area contributed by atoms with E-state index in [0.29, 0.717) is 12.5 Å². The van der Waals surface area contributed by atoms with Crippen molar-refractivity contribution in [2.45, 2.75) is 51.5 Å². The molecule has 1 aromatic carbocycles. The van der Waals surface area contributed by atoms with Gasteiger partial charge in [0.05, 0.1) is 0 Å². The third-order valence-electron chi connectivity index (χ3n) is 4.07. The van der Waals surface area contributed by atoms with Crippen LogP contribution in [0, 0.1) is 5.92 Å². The monoisotopic (exact) mass is 217 g/mol. The summed E-state index contributed by atoms with van der Waals surface area (Å²) in [4.78, 5) is 0. The summed E-state index contributed by atoms with van der Waals surface area (Å²) in [5, 5.41) is 0. The molecule has 1 heteroatoms. The first kappa shape index (κ1) is 11.7. The Hall–Kier alpha value is -0.820. The lowest BCUT2D eigenvalue weighted by atomic mass is 9.77. The molecule has 1 saturated carbocycles. The first-order chi connectivity index (χ1) is 7.81. The largest absolute Gasteiger partial charge is 0.326 e. The van der Waals surface area contributed by atoms with Gasteiger partial charge in [-0.2, -0.15) is 0 Å². The zero-order valence-corrected chi connectivity index (χ0v) is 10.3. The third-order valence-corrected chi connectivity index (χ3v) is 4.07. The SMILES string of the molecule is CC(c1cccc(CN)c1)C1CCCCC1. The molecule has 0 saturated heterocycles. The van der Waals surface area contributed by atoms with Crippen molar-refractivity contribution in [3.05, 3.63) is 35.4 Å². The highest BCUT2D eigenvalue weighted by atomic mass is 14.5. The highest BCUT2D eigenvalue weighted by Gasteiger charge is 2.21.